The highest BCUT2D eigenvalue weighted by Gasteiger charge is 2.35. The average Bonchev–Trinajstić information content (AvgIpc) is 2.63. The number of halogens is 3. The highest BCUT2D eigenvalue weighted by atomic mass is 32.1. The largest absolute Gasteiger partial charge is 0.445 e. The molecule has 1 aromatic heterocycles. The topological polar surface area (TPSA) is 63.8 Å². The number of hydrogen-bond donors (Lipinski definition) is 2. The van der Waals surface area contributed by atoms with Crippen molar-refractivity contribution < 1.29 is 13.2 Å². The molecule has 0 aromatic carbocycles. The van der Waals surface area contributed by atoms with Gasteiger partial charge in [-0.3, -0.25) is 0 Å². The lowest BCUT2D eigenvalue weighted by Crippen LogP contribution is -2.30. The molecular formula is C9H15F3N4S. The van der Waals surface area contributed by atoms with Crippen molar-refractivity contribution in [2.24, 2.45) is 11.7 Å². The average molecular weight is 268 g/mol. The SMILES string of the molecule is CC(C)CC(CN)Nc1nnc(C(F)(F)F)s1. The highest BCUT2D eigenvalue weighted by molar-refractivity contribution is 7.15. The first-order chi connectivity index (χ1) is 7.82. The van der Waals surface area contributed by atoms with Gasteiger partial charge in [0.15, 0.2) is 0 Å². The normalized spacial score (nSPS) is 14.1. The number of nitrogens with zero attached hydrogens (tertiary/aromatic N) is 2. The van der Waals surface area contributed by atoms with Crippen LogP contribution >= 0.6 is 11.3 Å². The molecule has 0 fully saturated rings. The van der Waals surface area contributed by atoms with Gasteiger partial charge in [0.1, 0.15) is 0 Å². The molecule has 0 amide bonds. The summed E-state index contributed by atoms with van der Waals surface area (Å²) >= 11 is 0.497. The Hall–Kier alpha value is -0.890. The Morgan fingerprint density at radius 3 is 2.41 bits per heavy atom. The van der Waals surface area contributed by atoms with Crippen molar-refractivity contribution in [1.29, 1.82) is 0 Å². The number of alkyl halides is 3. The lowest BCUT2D eigenvalue weighted by molar-refractivity contribution is -0.138. The summed E-state index contributed by atoms with van der Waals surface area (Å²) in [5.74, 6) is 0.408. The molecule has 1 unspecified atom stereocenters. The third-order valence-corrected chi connectivity index (χ3v) is 2.93. The van der Waals surface area contributed by atoms with E-state index in [1.807, 2.05) is 13.8 Å². The maximum absolute atomic E-state index is 12.3. The zero-order valence-corrected chi connectivity index (χ0v) is 10.4. The molecule has 0 aliphatic carbocycles. The maximum atomic E-state index is 12.3. The van der Waals surface area contributed by atoms with E-state index in [0.29, 0.717) is 23.8 Å². The van der Waals surface area contributed by atoms with Gasteiger partial charge in [0, 0.05) is 12.6 Å². The molecule has 4 nitrogen and oxygen atoms in total. The van der Waals surface area contributed by atoms with E-state index in [4.69, 9.17) is 5.73 Å². The van der Waals surface area contributed by atoms with Gasteiger partial charge in [0.05, 0.1) is 0 Å². The van der Waals surface area contributed by atoms with E-state index in [2.05, 4.69) is 15.5 Å². The van der Waals surface area contributed by atoms with Gasteiger partial charge in [-0.2, -0.15) is 13.2 Å². The van der Waals surface area contributed by atoms with Crippen molar-refractivity contribution in [3.05, 3.63) is 5.01 Å². The monoisotopic (exact) mass is 268 g/mol. The van der Waals surface area contributed by atoms with Crippen LogP contribution in [-0.2, 0) is 6.18 Å². The lowest BCUT2D eigenvalue weighted by atomic mass is 10.0. The summed E-state index contributed by atoms with van der Waals surface area (Å²) in [4.78, 5) is 0. The fourth-order valence-electron chi connectivity index (χ4n) is 1.35. The van der Waals surface area contributed by atoms with Crippen molar-refractivity contribution in [2.45, 2.75) is 32.5 Å². The summed E-state index contributed by atoms with van der Waals surface area (Å²) in [5.41, 5.74) is 5.53. The lowest BCUT2D eigenvalue weighted by Gasteiger charge is -2.17. The number of aromatic nitrogens is 2. The molecule has 0 aliphatic rings. The van der Waals surface area contributed by atoms with Crippen LogP contribution in [0.15, 0.2) is 0 Å². The predicted molar refractivity (Wildman–Crippen MR) is 60.8 cm³/mol. The zero-order valence-electron chi connectivity index (χ0n) is 9.58. The standard InChI is InChI=1S/C9H15F3N4S/c1-5(2)3-6(4-13)14-8-16-15-7(17-8)9(10,11)12/h5-6H,3-4,13H2,1-2H3,(H,14,16). The van der Waals surface area contributed by atoms with Gasteiger partial charge in [-0.15, -0.1) is 10.2 Å². The second-order valence-corrected chi connectivity index (χ2v) is 5.09. The molecule has 0 radical (unpaired) electrons. The minimum atomic E-state index is -4.44. The summed E-state index contributed by atoms with van der Waals surface area (Å²) in [5, 5.41) is 8.64. The van der Waals surface area contributed by atoms with Crippen molar-refractivity contribution in [3.8, 4) is 0 Å². The molecule has 98 valence electrons. The zero-order chi connectivity index (χ0) is 13.1. The molecule has 1 heterocycles. The Morgan fingerprint density at radius 2 is 2.00 bits per heavy atom. The minimum Gasteiger partial charge on any atom is -0.356 e. The number of anilines is 1. The Balaban J connectivity index is 2.65. The fourth-order valence-corrected chi connectivity index (χ4v) is 2.04. The molecule has 0 bridgehead atoms. The first-order valence-corrected chi connectivity index (χ1v) is 6.02. The van der Waals surface area contributed by atoms with Crippen molar-refractivity contribution in [3.63, 3.8) is 0 Å². The van der Waals surface area contributed by atoms with E-state index in [9.17, 15) is 13.2 Å². The Kier molecular flexibility index (Phi) is 4.70. The maximum Gasteiger partial charge on any atom is 0.445 e. The summed E-state index contributed by atoms with van der Waals surface area (Å²) in [6, 6.07) is -0.0796. The van der Waals surface area contributed by atoms with Crippen LogP contribution in [0.1, 0.15) is 25.3 Å². The summed E-state index contributed by atoms with van der Waals surface area (Å²) in [6.07, 6.45) is -3.66. The van der Waals surface area contributed by atoms with Crippen LogP contribution in [-0.4, -0.2) is 22.8 Å². The van der Waals surface area contributed by atoms with E-state index in [-0.39, 0.29) is 11.2 Å². The van der Waals surface area contributed by atoms with Crippen molar-refractivity contribution in [2.75, 3.05) is 11.9 Å². The van der Waals surface area contributed by atoms with Gasteiger partial charge in [0.2, 0.25) is 10.1 Å². The van der Waals surface area contributed by atoms with Gasteiger partial charge in [-0.05, 0) is 12.3 Å². The number of hydrogen-bond acceptors (Lipinski definition) is 5. The second kappa shape index (κ2) is 5.63. The van der Waals surface area contributed by atoms with Crippen molar-refractivity contribution in [1.82, 2.24) is 10.2 Å². The summed E-state index contributed by atoms with van der Waals surface area (Å²) in [7, 11) is 0. The van der Waals surface area contributed by atoms with E-state index in [1.165, 1.54) is 0 Å². The predicted octanol–water partition coefficient (Wildman–Crippen LogP) is 2.34. The molecule has 0 aliphatic heterocycles. The molecule has 1 rings (SSSR count). The van der Waals surface area contributed by atoms with Gasteiger partial charge in [-0.1, -0.05) is 25.2 Å². The van der Waals surface area contributed by atoms with Crippen LogP contribution in [0, 0.1) is 5.92 Å². The quantitative estimate of drug-likeness (QED) is 0.860. The first kappa shape index (κ1) is 14.2. The van der Waals surface area contributed by atoms with Crippen LogP contribution in [0.25, 0.3) is 0 Å². The number of nitrogens with two attached hydrogens (primary N) is 1. The van der Waals surface area contributed by atoms with Gasteiger partial charge in [0.25, 0.3) is 0 Å². The van der Waals surface area contributed by atoms with Crippen LogP contribution < -0.4 is 11.1 Å². The van der Waals surface area contributed by atoms with Crippen LogP contribution in [0.3, 0.4) is 0 Å². The smallest absolute Gasteiger partial charge is 0.356 e. The molecule has 1 aromatic rings. The van der Waals surface area contributed by atoms with Gasteiger partial charge >= 0.3 is 6.18 Å². The highest BCUT2D eigenvalue weighted by Crippen LogP contribution is 2.33. The molecule has 0 saturated carbocycles. The van der Waals surface area contributed by atoms with Crippen LogP contribution in [0.4, 0.5) is 18.3 Å². The molecule has 17 heavy (non-hydrogen) atoms. The van der Waals surface area contributed by atoms with Gasteiger partial charge < -0.3 is 11.1 Å². The fraction of sp³-hybridized carbons (Fsp3) is 0.778. The molecular weight excluding hydrogens is 253 g/mol. The molecule has 1 atom stereocenters. The van der Waals surface area contributed by atoms with Crippen LogP contribution in [0.2, 0.25) is 0 Å². The Labute approximate surface area is 101 Å². The second-order valence-electron chi connectivity index (χ2n) is 4.12. The number of rotatable bonds is 5. The molecule has 0 saturated heterocycles. The third kappa shape index (κ3) is 4.47. The van der Waals surface area contributed by atoms with E-state index >= 15 is 0 Å². The Morgan fingerprint density at radius 1 is 1.35 bits per heavy atom. The van der Waals surface area contributed by atoms with Crippen LogP contribution in [0.5, 0.6) is 0 Å². The molecule has 0 spiro atoms. The third-order valence-electron chi connectivity index (χ3n) is 2.04. The molecule has 8 heteroatoms. The number of nitrogens with one attached hydrogen (secondary N) is 1. The summed E-state index contributed by atoms with van der Waals surface area (Å²) < 4.78 is 36.9. The minimum absolute atomic E-state index is 0.0796. The first-order valence-electron chi connectivity index (χ1n) is 5.20. The van der Waals surface area contributed by atoms with E-state index in [1.54, 1.807) is 0 Å². The van der Waals surface area contributed by atoms with E-state index in [0.717, 1.165) is 6.42 Å². The summed E-state index contributed by atoms with van der Waals surface area (Å²) in [6.45, 7) is 4.39. The van der Waals surface area contributed by atoms with Crippen molar-refractivity contribution >= 4 is 16.5 Å². The molecule has 3 N–H and O–H groups in total. The van der Waals surface area contributed by atoms with E-state index < -0.39 is 11.2 Å². The van der Waals surface area contributed by atoms with Gasteiger partial charge in [-0.25, -0.2) is 0 Å². The Bertz CT molecular complexity index is 350.